The molecule has 35 heavy (non-hydrogen) atoms. The lowest BCUT2D eigenvalue weighted by molar-refractivity contribution is -0.128. The molecule has 3 aliphatic rings. The number of hydrogen-bond acceptors (Lipinski definition) is 5. The number of aromatic nitrogens is 3. The first-order chi connectivity index (χ1) is 17.0. The molecule has 0 unspecified atom stereocenters. The van der Waals surface area contributed by atoms with Gasteiger partial charge in [-0.1, -0.05) is 24.6 Å². The number of carbonyl (C=O) groups is 1. The van der Waals surface area contributed by atoms with Crippen molar-refractivity contribution in [1.29, 1.82) is 0 Å². The molecule has 0 radical (unpaired) electrons. The molecule has 4 aromatic rings. The molecule has 0 atom stereocenters. The monoisotopic (exact) mass is 466 g/mol. The third kappa shape index (κ3) is 3.59. The van der Waals surface area contributed by atoms with Crippen LogP contribution in [0.3, 0.4) is 0 Å². The van der Waals surface area contributed by atoms with Crippen molar-refractivity contribution in [2.45, 2.75) is 57.3 Å². The molecule has 0 aliphatic heterocycles. The minimum Gasteiger partial charge on any atom is -0.457 e. The van der Waals surface area contributed by atoms with Gasteiger partial charge < -0.3 is 10.5 Å². The molecule has 0 spiro atoms. The third-order valence-electron chi connectivity index (χ3n) is 8.39. The number of para-hydroxylation sites is 1. The zero-order valence-electron chi connectivity index (χ0n) is 20.0. The molecule has 2 aromatic carbocycles. The molecule has 3 saturated carbocycles. The molecule has 7 rings (SSSR count). The fourth-order valence-corrected chi connectivity index (χ4v) is 6.28. The minimum absolute atomic E-state index is 0.0409. The van der Waals surface area contributed by atoms with Crippen molar-refractivity contribution in [3.05, 3.63) is 72.8 Å². The molecule has 3 fully saturated rings. The number of Topliss-reactive ketones (excluding diaryl/α,β-unsaturated/α-hetero) is 1. The van der Waals surface area contributed by atoms with E-state index in [1.54, 1.807) is 13.1 Å². The molecule has 0 amide bonds. The summed E-state index contributed by atoms with van der Waals surface area (Å²) in [5.41, 5.74) is 8.91. The SMILES string of the molecule is CC(=O)C12CCCC(c3nc(-c4ccc(Oc5ccccc5)cc4)c4c(N)nccn34)(CC1)CC2. The minimum atomic E-state index is -0.134. The first kappa shape index (κ1) is 21.8. The van der Waals surface area contributed by atoms with Gasteiger partial charge in [-0.15, -0.1) is 0 Å². The van der Waals surface area contributed by atoms with E-state index < -0.39 is 0 Å². The Morgan fingerprint density at radius 1 is 0.943 bits per heavy atom. The molecule has 2 bridgehead atoms. The highest BCUT2D eigenvalue weighted by atomic mass is 16.5. The van der Waals surface area contributed by atoms with E-state index in [1.165, 1.54) is 0 Å². The number of hydrogen-bond donors (Lipinski definition) is 1. The van der Waals surface area contributed by atoms with Crippen molar-refractivity contribution in [3.8, 4) is 22.8 Å². The second-order valence-electron chi connectivity index (χ2n) is 10.2. The Morgan fingerprint density at radius 3 is 2.37 bits per heavy atom. The van der Waals surface area contributed by atoms with Crippen LogP contribution in [0.2, 0.25) is 0 Å². The van der Waals surface area contributed by atoms with E-state index in [-0.39, 0.29) is 10.8 Å². The van der Waals surface area contributed by atoms with Crippen molar-refractivity contribution in [3.63, 3.8) is 0 Å². The van der Waals surface area contributed by atoms with Crippen molar-refractivity contribution in [2.24, 2.45) is 5.41 Å². The second kappa shape index (κ2) is 8.22. The van der Waals surface area contributed by atoms with Crippen LogP contribution in [-0.2, 0) is 10.2 Å². The summed E-state index contributed by atoms with van der Waals surface area (Å²) in [4.78, 5) is 22.1. The van der Waals surface area contributed by atoms with Crippen molar-refractivity contribution in [1.82, 2.24) is 14.4 Å². The Labute approximate surface area is 205 Å². The van der Waals surface area contributed by atoms with E-state index in [2.05, 4.69) is 9.38 Å². The van der Waals surface area contributed by atoms with Crippen molar-refractivity contribution < 1.29 is 9.53 Å². The molecule has 2 heterocycles. The smallest absolute Gasteiger partial charge is 0.150 e. The highest BCUT2D eigenvalue weighted by molar-refractivity contribution is 5.86. The molecule has 2 N–H and O–H groups in total. The van der Waals surface area contributed by atoms with Crippen LogP contribution in [-0.4, -0.2) is 20.2 Å². The maximum Gasteiger partial charge on any atom is 0.150 e. The summed E-state index contributed by atoms with van der Waals surface area (Å²) in [7, 11) is 0. The van der Waals surface area contributed by atoms with Gasteiger partial charge >= 0.3 is 0 Å². The third-order valence-corrected chi connectivity index (χ3v) is 8.39. The Morgan fingerprint density at radius 2 is 1.66 bits per heavy atom. The Bertz CT molecular complexity index is 1380. The fraction of sp³-hybridized carbons (Fsp3) is 0.345. The van der Waals surface area contributed by atoms with Crippen molar-refractivity contribution >= 4 is 17.1 Å². The van der Waals surface area contributed by atoms with Crippen LogP contribution >= 0.6 is 0 Å². The van der Waals surface area contributed by atoms with Crippen LogP contribution in [0.15, 0.2) is 67.0 Å². The first-order valence-electron chi connectivity index (χ1n) is 12.5. The fourth-order valence-electron chi connectivity index (χ4n) is 6.28. The summed E-state index contributed by atoms with van der Waals surface area (Å²) in [5, 5.41) is 0. The van der Waals surface area contributed by atoms with E-state index in [0.29, 0.717) is 11.6 Å². The van der Waals surface area contributed by atoms with Crippen LogP contribution < -0.4 is 10.5 Å². The van der Waals surface area contributed by atoms with Crippen LogP contribution in [0, 0.1) is 5.41 Å². The van der Waals surface area contributed by atoms with Crippen LogP contribution in [0.4, 0.5) is 5.82 Å². The number of ketones is 1. The summed E-state index contributed by atoms with van der Waals surface area (Å²) in [6, 6.07) is 17.7. The number of nitrogen functional groups attached to an aromatic ring is 1. The average Bonchev–Trinajstić information content (AvgIpc) is 3.05. The Kier molecular flexibility index (Phi) is 5.13. The van der Waals surface area contributed by atoms with E-state index in [1.807, 2.05) is 60.8 Å². The normalized spacial score (nSPS) is 23.8. The summed E-state index contributed by atoms with van der Waals surface area (Å²) in [5.74, 6) is 3.46. The largest absolute Gasteiger partial charge is 0.457 e. The number of fused-ring (bicyclic) bond motifs is 5. The lowest BCUT2D eigenvalue weighted by atomic mass is 9.63. The average molecular weight is 467 g/mol. The summed E-state index contributed by atoms with van der Waals surface area (Å²) >= 11 is 0. The maximum absolute atomic E-state index is 12.5. The van der Waals surface area contributed by atoms with Gasteiger partial charge in [-0.05, 0) is 81.8 Å². The number of imidazole rings is 1. The van der Waals surface area contributed by atoms with Crippen LogP contribution in [0.25, 0.3) is 16.8 Å². The zero-order chi connectivity index (χ0) is 24.0. The van der Waals surface area contributed by atoms with Gasteiger partial charge in [0.2, 0.25) is 0 Å². The van der Waals surface area contributed by atoms with Gasteiger partial charge in [0.15, 0.2) is 0 Å². The highest BCUT2D eigenvalue weighted by Crippen LogP contribution is 2.55. The van der Waals surface area contributed by atoms with Gasteiger partial charge in [0.1, 0.15) is 40.1 Å². The first-order valence-corrected chi connectivity index (χ1v) is 12.5. The quantitative estimate of drug-likeness (QED) is 0.371. The van der Waals surface area contributed by atoms with E-state index >= 15 is 0 Å². The zero-order valence-corrected chi connectivity index (χ0v) is 20.0. The van der Waals surface area contributed by atoms with Gasteiger partial charge in [-0.25, -0.2) is 9.97 Å². The van der Waals surface area contributed by atoms with Gasteiger partial charge in [0.05, 0.1) is 0 Å². The van der Waals surface area contributed by atoms with Crippen LogP contribution in [0.1, 0.15) is 57.7 Å². The molecule has 2 aromatic heterocycles. The Hall–Kier alpha value is -3.67. The summed E-state index contributed by atoms with van der Waals surface area (Å²) < 4.78 is 8.12. The summed E-state index contributed by atoms with van der Waals surface area (Å²) in [6.07, 6.45) is 10.7. The van der Waals surface area contributed by atoms with Crippen LogP contribution in [0.5, 0.6) is 11.5 Å². The van der Waals surface area contributed by atoms with E-state index in [9.17, 15) is 4.79 Å². The number of nitrogens with two attached hydrogens (primary N) is 1. The lowest BCUT2D eigenvalue weighted by Gasteiger charge is -2.41. The molecule has 6 heteroatoms. The number of nitrogens with zero attached hydrogens (tertiary/aromatic N) is 3. The molecule has 3 aliphatic carbocycles. The molecule has 0 saturated heterocycles. The lowest BCUT2D eigenvalue weighted by Crippen LogP contribution is -2.38. The summed E-state index contributed by atoms with van der Waals surface area (Å²) in [6.45, 7) is 1.78. The van der Waals surface area contributed by atoms with E-state index in [4.69, 9.17) is 15.5 Å². The highest BCUT2D eigenvalue weighted by Gasteiger charge is 2.50. The number of carbonyl (C=O) groups excluding carboxylic acids is 1. The number of anilines is 1. The molecular weight excluding hydrogens is 436 g/mol. The number of ether oxygens (including phenoxy) is 1. The molecule has 6 nitrogen and oxygen atoms in total. The van der Waals surface area contributed by atoms with Gasteiger partial charge in [-0.2, -0.15) is 0 Å². The standard InChI is InChI=1S/C29H30N4O2/c1-20(34)28-12-5-13-29(16-14-28,17-15-28)27-32-24(25-26(30)31-18-19-33(25)27)21-8-10-23(11-9-21)35-22-6-3-2-4-7-22/h2-4,6-11,18-19H,5,12-17H2,1H3,(H2,30,31). The predicted octanol–water partition coefficient (Wildman–Crippen LogP) is 6.34. The predicted molar refractivity (Wildman–Crippen MR) is 136 cm³/mol. The molecular formula is C29H30N4O2. The number of rotatable bonds is 5. The van der Waals surface area contributed by atoms with Gasteiger partial charge in [0, 0.05) is 28.8 Å². The maximum atomic E-state index is 12.5. The van der Waals surface area contributed by atoms with Crippen molar-refractivity contribution in [2.75, 3.05) is 5.73 Å². The van der Waals surface area contributed by atoms with Gasteiger partial charge in [-0.3, -0.25) is 9.20 Å². The molecule has 178 valence electrons. The number of benzene rings is 2. The second-order valence-corrected chi connectivity index (χ2v) is 10.2. The van der Waals surface area contributed by atoms with E-state index in [0.717, 1.165) is 79.0 Å². The van der Waals surface area contributed by atoms with Gasteiger partial charge in [0.25, 0.3) is 0 Å². The topological polar surface area (TPSA) is 82.5 Å². The Balaban J connectivity index is 1.40.